The fraction of sp³-hybridized carbons (Fsp3) is 0.0192. The molecule has 264 valence electrons. The first-order valence-electron chi connectivity index (χ1n) is 19.0. The van der Waals surface area contributed by atoms with Gasteiger partial charge >= 0.3 is 0 Å². The second kappa shape index (κ2) is 12.1. The molecule has 0 saturated carbocycles. The zero-order chi connectivity index (χ0) is 37.7. The van der Waals surface area contributed by atoms with Crippen molar-refractivity contribution in [3.05, 3.63) is 204 Å². The van der Waals surface area contributed by atoms with Crippen LogP contribution in [0.4, 0.5) is 0 Å². The normalized spacial score (nSPS) is 13.2. The molecular weight excluding hydrogens is 715 g/mol. The number of aromatic nitrogens is 2. The minimum absolute atomic E-state index is 0.583. The standard InChI is InChI=1S/C52H29N3OS/c53-30-31-24-26-32(27-25-31)33-28-29-36(35-13-2-1-12-34(33)35)51-54-48-38-15-4-10-23-46(38)57-50(48)49(55-51)39-16-11-20-43-47(39)37-14-3-5-17-40(37)52(43)41-18-6-8-21-44(41)56-45-22-9-7-19-42(45)52/h1-29H. The molecule has 57 heavy (non-hydrogen) atoms. The first-order valence-corrected chi connectivity index (χ1v) is 19.9. The third kappa shape index (κ3) is 4.42. The van der Waals surface area contributed by atoms with E-state index < -0.39 is 5.41 Å². The molecule has 0 radical (unpaired) electrons. The molecule has 1 aliphatic heterocycles. The summed E-state index contributed by atoms with van der Waals surface area (Å²) < 4.78 is 8.86. The monoisotopic (exact) mass is 743 g/mol. The predicted molar refractivity (Wildman–Crippen MR) is 231 cm³/mol. The average Bonchev–Trinajstić information content (AvgIpc) is 3.80. The zero-order valence-corrected chi connectivity index (χ0v) is 31.2. The lowest BCUT2D eigenvalue weighted by atomic mass is 9.66. The third-order valence-corrected chi connectivity index (χ3v) is 13.0. The highest BCUT2D eigenvalue weighted by atomic mass is 32.1. The number of fused-ring (bicyclic) bond motifs is 13. The first-order chi connectivity index (χ1) is 28.2. The van der Waals surface area contributed by atoms with Crippen molar-refractivity contribution in [3.8, 4) is 62.5 Å². The quantitative estimate of drug-likeness (QED) is 0.181. The van der Waals surface area contributed by atoms with Crippen LogP contribution in [0.5, 0.6) is 11.5 Å². The van der Waals surface area contributed by atoms with E-state index in [1.807, 2.05) is 24.3 Å². The molecule has 3 heterocycles. The Bertz CT molecular complexity index is 3310. The maximum Gasteiger partial charge on any atom is 0.161 e. The Morgan fingerprint density at radius 2 is 1.09 bits per heavy atom. The van der Waals surface area contributed by atoms with Crippen LogP contribution in [0.1, 0.15) is 27.8 Å². The summed E-state index contributed by atoms with van der Waals surface area (Å²) in [5.74, 6) is 2.43. The highest BCUT2D eigenvalue weighted by molar-refractivity contribution is 7.26. The van der Waals surface area contributed by atoms with Gasteiger partial charge in [-0.2, -0.15) is 5.26 Å². The summed E-state index contributed by atoms with van der Waals surface area (Å²) in [4.78, 5) is 11.0. The molecule has 10 aromatic rings. The molecule has 0 atom stereocenters. The lowest BCUT2D eigenvalue weighted by Gasteiger charge is -2.39. The fourth-order valence-electron chi connectivity index (χ4n) is 9.46. The molecule has 2 aliphatic rings. The van der Waals surface area contributed by atoms with Crippen molar-refractivity contribution >= 4 is 42.4 Å². The molecule has 12 rings (SSSR count). The second-order valence-corrected chi connectivity index (χ2v) is 15.7. The SMILES string of the molecule is N#Cc1ccc(-c2ccc(-c3nc(-c4cccc5c4-c4ccccc4C54c5ccccc5Oc5ccccc54)c4sc5ccccc5c4n3)c3ccccc23)cc1. The number of nitriles is 1. The number of rotatable bonds is 3. The number of benzene rings is 8. The van der Waals surface area contributed by atoms with Gasteiger partial charge in [-0.05, 0) is 80.6 Å². The van der Waals surface area contributed by atoms with Crippen LogP contribution in [-0.4, -0.2) is 9.97 Å². The van der Waals surface area contributed by atoms with E-state index in [1.54, 1.807) is 11.3 Å². The van der Waals surface area contributed by atoms with Crippen LogP contribution in [0.2, 0.25) is 0 Å². The van der Waals surface area contributed by atoms with E-state index in [2.05, 4.69) is 158 Å². The van der Waals surface area contributed by atoms with Gasteiger partial charge in [0.05, 0.1) is 33.0 Å². The van der Waals surface area contributed by atoms with Gasteiger partial charge < -0.3 is 4.74 Å². The molecule has 0 N–H and O–H groups in total. The molecule has 5 heteroatoms. The van der Waals surface area contributed by atoms with E-state index in [1.165, 1.54) is 27.0 Å². The van der Waals surface area contributed by atoms with Gasteiger partial charge in [-0.1, -0.05) is 140 Å². The average molecular weight is 744 g/mol. The minimum Gasteiger partial charge on any atom is -0.457 e. The predicted octanol–water partition coefficient (Wildman–Crippen LogP) is 13.3. The van der Waals surface area contributed by atoms with Crippen LogP contribution in [0.3, 0.4) is 0 Å². The summed E-state index contributed by atoms with van der Waals surface area (Å²) in [6.45, 7) is 0. The van der Waals surface area contributed by atoms with Crippen molar-refractivity contribution in [2.75, 3.05) is 0 Å². The largest absolute Gasteiger partial charge is 0.457 e. The molecule has 0 bridgehead atoms. The van der Waals surface area contributed by atoms with Gasteiger partial charge in [-0.15, -0.1) is 11.3 Å². The summed E-state index contributed by atoms with van der Waals surface area (Å²) in [5.41, 5.74) is 13.3. The molecule has 4 nitrogen and oxygen atoms in total. The van der Waals surface area contributed by atoms with Crippen LogP contribution >= 0.6 is 11.3 Å². The number of ether oxygens (including phenoxy) is 1. The van der Waals surface area contributed by atoms with Gasteiger partial charge in [0.1, 0.15) is 11.5 Å². The molecule has 1 spiro atoms. The van der Waals surface area contributed by atoms with Gasteiger partial charge in [-0.25, -0.2) is 9.97 Å². The van der Waals surface area contributed by atoms with Crippen LogP contribution < -0.4 is 4.74 Å². The number of thiophene rings is 1. The van der Waals surface area contributed by atoms with E-state index in [0.717, 1.165) is 76.9 Å². The van der Waals surface area contributed by atoms with Crippen LogP contribution in [-0.2, 0) is 5.41 Å². The molecule has 2 aromatic heterocycles. The molecule has 0 fully saturated rings. The van der Waals surface area contributed by atoms with Crippen LogP contribution in [0.15, 0.2) is 176 Å². The second-order valence-electron chi connectivity index (χ2n) is 14.7. The van der Waals surface area contributed by atoms with Gasteiger partial charge in [-0.3, -0.25) is 0 Å². The third-order valence-electron chi connectivity index (χ3n) is 11.8. The van der Waals surface area contributed by atoms with E-state index >= 15 is 0 Å². The van der Waals surface area contributed by atoms with Crippen LogP contribution in [0.25, 0.3) is 76.0 Å². The van der Waals surface area contributed by atoms with Gasteiger partial charge in [0, 0.05) is 32.3 Å². The fourth-order valence-corrected chi connectivity index (χ4v) is 10.6. The van der Waals surface area contributed by atoms with E-state index in [-0.39, 0.29) is 0 Å². The molecule has 1 aliphatic carbocycles. The van der Waals surface area contributed by atoms with E-state index in [9.17, 15) is 5.26 Å². The summed E-state index contributed by atoms with van der Waals surface area (Å²) in [6.07, 6.45) is 0. The Hall–Kier alpha value is -7.39. The zero-order valence-electron chi connectivity index (χ0n) is 30.4. The summed E-state index contributed by atoms with van der Waals surface area (Å²) in [7, 11) is 0. The van der Waals surface area contributed by atoms with Crippen molar-refractivity contribution in [1.29, 1.82) is 5.26 Å². The van der Waals surface area contributed by atoms with E-state index in [0.29, 0.717) is 11.4 Å². The first kappa shape index (κ1) is 31.9. The van der Waals surface area contributed by atoms with Crippen LogP contribution in [0, 0.1) is 11.3 Å². The van der Waals surface area contributed by atoms with Crippen molar-refractivity contribution in [2.45, 2.75) is 5.41 Å². The maximum atomic E-state index is 9.44. The summed E-state index contributed by atoms with van der Waals surface area (Å²) in [5, 5.41) is 12.7. The highest BCUT2D eigenvalue weighted by Crippen LogP contribution is 2.63. The van der Waals surface area contributed by atoms with Crippen molar-refractivity contribution in [3.63, 3.8) is 0 Å². The number of para-hydroxylation sites is 2. The number of hydrogen-bond donors (Lipinski definition) is 0. The smallest absolute Gasteiger partial charge is 0.161 e. The van der Waals surface area contributed by atoms with E-state index in [4.69, 9.17) is 14.7 Å². The molecule has 8 aromatic carbocycles. The van der Waals surface area contributed by atoms with Gasteiger partial charge in [0.25, 0.3) is 0 Å². The summed E-state index contributed by atoms with van der Waals surface area (Å²) >= 11 is 1.76. The highest BCUT2D eigenvalue weighted by Gasteiger charge is 2.51. The van der Waals surface area contributed by atoms with Gasteiger partial charge in [0.15, 0.2) is 5.82 Å². The Kier molecular flexibility index (Phi) is 6.75. The molecule has 0 unspecified atom stereocenters. The Morgan fingerprint density at radius 3 is 1.84 bits per heavy atom. The Morgan fingerprint density at radius 1 is 0.491 bits per heavy atom. The minimum atomic E-state index is -0.583. The lowest BCUT2D eigenvalue weighted by molar-refractivity contribution is 0.436. The maximum absolute atomic E-state index is 9.44. The lowest BCUT2D eigenvalue weighted by Crippen LogP contribution is -2.32. The van der Waals surface area contributed by atoms with Crippen molar-refractivity contribution in [2.24, 2.45) is 0 Å². The van der Waals surface area contributed by atoms with Gasteiger partial charge in [0.2, 0.25) is 0 Å². The molecule has 0 amide bonds. The number of hydrogen-bond acceptors (Lipinski definition) is 5. The Labute approximate surface area is 332 Å². The van der Waals surface area contributed by atoms with Crippen molar-refractivity contribution < 1.29 is 4.74 Å². The topological polar surface area (TPSA) is 58.8 Å². The Balaban J connectivity index is 1.16. The number of nitrogens with zero attached hydrogens (tertiary/aromatic N) is 3. The van der Waals surface area contributed by atoms with Crippen molar-refractivity contribution in [1.82, 2.24) is 9.97 Å². The summed E-state index contributed by atoms with van der Waals surface area (Å²) in [6, 6.07) is 64.0. The molecule has 0 saturated heterocycles. The molecular formula is C52H29N3OS.